The molecular weight excluding hydrogens is 233 g/mol. The molecular formula is C13H14FN3O. The van der Waals surface area contributed by atoms with Crippen molar-refractivity contribution in [1.29, 1.82) is 0 Å². The Hall–Kier alpha value is -1.75. The third kappa shape index (κ3) is 2.26. The summed E-state index contributed by atoms with van der Waals surface area (Å²) in [5, 5.41) is 7.36. The molecule has 1 aromatic heterocycles. The second-order valence-electron chi connectivity index (χ2n) is 4.47. The predicted octanol–water partition coefficient (Wildman–Crippen LogP) is 2.69. The maximum absolute atomic E-state index is 12.8. The Morgan fingerprint density at radius 3 is 2.78 bits per heavy atom. The van der Waals surface area contributed by atoms with Crippen molar-refractivity contribution in [2.75, 3.05) is 6.54 Å². The molecule has 1 fully saturated rings. The minimum atomic E-state index is -0.271. The maximum atomic E-state index is 12.8. The van der Waals surface area contributed by atoms with E-state index in [2.05, 4.69) is 15.5 Å². The molecule has 0 spiro atoms. The number of nitrogens with one attached hydrogen (secondary N) is 1. The van der Waals surface area contributed by atoms with Crippen molar-refractivity contribution >= 4 is 0 Å². The van der Waals surface area contributed by atoms with Crippen LogP contribution >= 0.6 is 0 Å². The van der Waals surface area contributed by atoms with Crippen LogP contribution in [-0.2, 0) is 0 Å². The van der Waals surface area contributed by atoms with Gasteiger partial charge in [0.05, 0.1) is 6.04 Å². The summed E-state index contributed by atoms with van der Waals surface area (Å²) in [7, 11) is 0. The van der Waals surface area contributed by atoms with Crippen LogP contribution in [0.25, 0.3) is 11.5 Å². The fraction of sp³-hybridized carbons (Fsp3) is 0.385. The molecule has 1 atom stereocenters. The van der Waals surface area contributed by atoms with Crippen LogP contribution in [-0.4, -0.2) is 16.7 Å². The third-order valence-corrected chi connectivity index (χ3v) is 3.15. The SMILES string of the molecule is Fc1ccc(-c2nc([C@@H]3CCCCN3)no2)cc1. The quantitative estimate of drug-likeness (QED) is 0.886. The van der Waals surface area contributed by atoms with E-state index in [4.69, 9.17) is 4.52 Å². The van der Waals surface area contributed by atoms with Crippen LogP contribution in [0.5, 0.6) is 0 Å². The van der Waals surface area contributed by atoms with Crippen molar-refractivity contribution in [3.63, 3.8) is 0 Å². The van der Waals surface area contributed by atoms with E-state index in [0.717, 1.165) is 18.5 Å². The second-order valence-corrected chi connectivity index (χ2v) is 4.47. The first-order chi connectivity index (χ1) is 8.83. The van der Waals surface area contributed by atoms with Crippen LogP contribution in [0.3, 0.4) is 0 Å². The first kappa shape index (κ1) is 11.3. The average molecular weight is 247 g/mol. The van der Waals surface area contributed by atoms with Crippen molar-refractivity contribution in [1.82, 2.24) is 15.5 Å². The standard InChI is InChI=1S/C13H14FN3O/c14-10-6-4-9(5-7-10)13-16-12(17-18-13)11-3-1-2-8-15-11/h4-7,11,15H,1-3,8H2/t11-/m0/s1. The van der Waals surface area contributed by atoms with Gasteiger partial charge in [-0.15, -0.1) is 0 Å². The van der Waals surface area contributed by atoms with Crippen molar-refractivity contribution in [2.45, 2.75) is 25.3 Å². The van der Waals surface area contributed by atoms with Crippen molar-refractivity contribution in [2.24, 2.45) is 0 Å². The highest BCUT2D eigenvalue weighted by Gasteiger charge is 2.20. The van der Waals surface area contributed by atoms with E-state index >= 15 is 0 Å². The van der Waals surface area contributed by atoms with Crippen LogP contribution in [0, 0.1) is 5.82 Å². The summed E-state index contributed by atoms with van der Waals surface area (Å²) in [6.45, 7) is 0.991. The summed E-state index contributed by atoms with van der Waals surface area (Å²) >= 11 is 0. The van der Waals surface area contributed by atoms with Crippen LogP contribution in [0.2, 0.25) is 0 Å². The highest BCUT2D eigenvalue weighted by atomic mass is 19.1. The molecule has 94 valence electrons. The lowest BCUT2D eigenvalue weighted by Gasteiger charge is -2.19. The fourth-order valence-electron chi connectivity index (χ4n) is 2.16. The topological polar surface area (TPSA) is 51.0 Å². The summed E-state index contributed by atoms with van der Waals surface area (Å²) in [5.74, 6) is 0.860. The largest absolute Gasteiger partial charge is 0.334 e. The maximum Gasteiger partial charge on any atom is 0.257 e. The number of piperidine rings is 1. The zero-order valence-electron chi connectivity index (χ0n) is 9.90. The highest BCUT2D eigenvalue weighted by Crippen LogP contribution is 2.23. The molecule has 0 saturated carbocycles. The second kappa shape index (κ2) is 4.86. The zero-order valence-corrected chi connectivity index (χ0v) is 9.90. The van der Waals surface area contributed by atoms with Gasteiger partial charge >= 0.3 is 0 Å². The van der Waals surface area contributed by atoms with Gasteiger partial charge in [-0.05, 0) is 43.7 Å². The minimum absolute atomic E-state index is 0.177. The highest BCUT2D eigenvalue weighted by molar-refractivity contribution is 5.52. The number of benzene rings is 1. The van der Waals surface area contributed by atoms with E-state index in [1.807, 2.05) is 0 Å². The summed E-state index contributed by atoms with van der Waals surface area (Å²) < 4.78 is 18.0. The Bertz CT molecular complexity index is 517. The van der Waals surface area contributed by atoms with Gasteiger partial charge in [0, 0.05) is 5.56 Å². The van der Waals surface area contributed by atoms with Gasteiger partial charge in [0.25, 0.3) is 5.89 Å². The van der Waals surface area contributed by atoms with Crippen molar-refractivity contribution in [3.8, 4) is 11.5 Å². The molecule has 0 amide bonds. The Balaban J connectivity index is 1.82. The molecule has 0 unspecified atom stereocenters. The van der Waals surface area contributed by atoms with Crippen molar-refractivity contribution < 1.29 is 8.91 Å². The monoisotopic (exact) mass is 247 g/mol. The molecule has 0 bridgehead atoms. The Labute approximate surface area is 104 Å². The molecule has 1 aliphatic heterocycles. The average Bonchev–Trinajstić information content (AvgIpc) is 2.90. The van der Waals surface area contributed by atoms with E-state index in [-0.39, 0.29) is 11.9 Å². The predicted molar refractivity (Wildman–Crippen MR) is 64.3 cm³/mol. The van der Waals surface area contributed by atoms with E-state index in [1.54, 1.807) is 12.1 Å². The first-order valence-corrected chi connectivity index (χ1v) is 6.16. The van der Waals surface area contributed by atoms with E-state index < -0.39 is 0 Å². The summed E-state index contributed by atoms with van der Waals surface area (Å²) in [4.78, 5) is 4.37. The van der Waals surface area contributed by atoms with Crippen LogP contribution < -0.4 is 5.32 Å². The Morgan fingerprint density at radius 1 is 1.22 bits per heavy atom. The van der Waals surface area contributed by atoms with Gasteiger partial charge < -0.3 is 9.84 Å². The van der Waals surface area contributed by atoms with E-state index in [0.29, 0.717) is 11.7 Å². The molecule has 1 saturated heterocycles. The van der Waals surface area contributed by atoms with Gasteiger partial charge in [0.2, 0.25) is 0 Å². The van der Waals surface area contributed by atoms with Gasteiger partial charge in [0.1, 0.15) is 5.82 Å². The molecule has 3 rings (SSSR count). The molecule has 2 heterocycles. The summed E-state index contributed by atoms with van der Waals surface area (Å²) in [6, 6.07) is 6.23. The van der Waals surface area contributed by atoms with Crippen LogP contribution in [0.4, 0.5) is 4.39 Å². The molecule has 5 heteroatoms. The van der Waals surface area contributed by atoms with Gasteiger partial charge in [-0.25, -0.2) is 4.39 Å². The number of nitrogens with zero attached hydrogens (tertiary/aromatic N) is 2. The lowest BCUT2D eigenvalue weighted by molar-refractivity contribution is 0.367. The normalized spacial score (nSPS) is 19.9. The van der Waals surface area contributed by atoms with Gasteiger partial charge in [-0.2, -0.15) is 4.98 Å². The number of halogens is 1. The number of hydrogen-bond acceptors (Lipinski definition) is 4. The number of hydrogen-bond donors (Lipinski definition) is 1. The van der Waals surface area contributed by atoms with Gasteiger partial charge in [-0.3, -0.25) is 0 Å². The molecule has 2 aromatic rings. The number of rotatable bonds is 2. The zero-order chi connectivity index (χ0) is 12.4. The van der Waals surface area contributed by atoms with Gasteiger partial charge in [-0.1, -0.05) is 11.6 Å². The smallest absolute Gasteiger partial charge is 0.257 e. The Morgan fingerprint density at radius 2 is 2.06 bits per heavy atom. The minimum Gasteiger partial charge on any atom is -0.334 e. The van der Waals surface area contributed by atoms with Crippen molar-refractivity contribution in [3.05, 3.63) is 35.9 Å². The molecule has 0 radical (unpaired) electrons. The first-order valence-electron chi connectivity index (χ1n) is 6.16. The van der Waals surface area contributed by atoms with E-state index in [9.17, 15) is 4.39 Å². The fourth-order valence-corrected chi connectivity index (χ4v) is 2.16. The lowest BCUT2D eigenvalue weighted by Crippen LogP contribution is -2.27. The molecule has 1 aliphatic rings. The summed E-state index contributed by atoms with van der Waals surface area (Å²) in [6.07, 6.45) is 3.40. The van der Waals surface area contributed by atoms with Crippen LogP contribution in [0.1, 0.15) is 31.1 Å². The van der Waals surface area contributed by atoms with Crippen LogP contribution in [0.15, 0.2) is 28.8 Å². The van der Waals surface area contributed by atoms with Gasteiger partial charge in [0.15, 0.2) is 5.82 Å². The summed E-state index contributed by atoms with van der Waals surface area (Å²) in [5.41, 5.74) is 0.742. The number of aromatic nitrogens is 2. The third-order valence-electron chi connectivity index (χ3n) is 3.15. The molecule has 1 aromatic carbocycles. The lowest BCUT2D eigenvalue weighted by atomic mass is 10.0. The molecule has 18 heavy (non-hydrogen) atoms. The van der Waals surface area contributed by atoms with E-state index in [1.165, 1.54) is 25.0 Å². The molecule has 0 aliphatic carbocycles. The molecule has 4 nitrogen and oxygen atoms in total. The Kier molecular flexibility index (Phi) is 3.06. The molecule has 1 N–H and O–H groups in total.